The lowest BCUT2D eigenvalue weighted by Crippen LogP contribution is -2.44. The largest absolute Gasteiger partial charge is 0.502 e. The molecule has 0 saturated heterocycles. The lowest BCUT2D eigenvalue weighted by atomic mass is 9.82. The van der Waals surface area contributed by atoms with Gasteiger partial charge in [-0.15, -0.1) is 0 Å². The van der Waals surface area contributed by atoms with Gasteiger partial charge in [0.05, 0.1) is 12.7 Å². The molecule has 156 valence electrons. The summed E-state index contributed by atoms with van der Waals surface area (Å²) in [6.07, 6.45) is 1.75. The van der Waals surface area contributed by atoms with Gasteiger partial charge >= 0.3 is 11.9 Å². The first-order valence-electron chi connectivity index (χ1n) is 9.87. The molecule has 1 atom stereocenters. The molecule has 2 aromatic rings. The van der Waals surface area contributed by atoms with Gasteiger partial charge in [-0.3, -0.25) is 0 Å². The van der Waals surface area contributed by atoms with E-state index in [1.54, 1.807) is 24.3 Å². The molecule has 0 spiro atoms. The van der Waals surface area contributed by atoms with Gasteiger partial charge in [-0.25, -0.2) is 9.59 Å². The van der Waals surface area contributed by atoms with Crippen molar-refractivity contribution in [2.24, 2.45) is 0 Å². The average molecular weight is 408 g/mol. The number of esters is 2. The molecule has 0 aromatic heterocycles. The number of ether oxygens (including phenoxy) is 3. The topological polar surface area (TPSA) is 82.1 Å². The highest BCUT2D eigenvalue weighted by Crippen LogP contribution is 2.43. The summed E-state index contributed by atoms with van der Waals surface area (Å²) >= 11 is 0. The van der Waals surface area contributed by atoms with Crippen LogP contribution in [-0.4, -0.2) is 35.4 Å². The lowest BCUT2D eigenvalue weighted by Gasteiger charge is -2.33. The highest BCUT2D eigenvalue weighted by molar-refractivity contribution is 6.11. The molecule has 4 rings (SSSR count). The molecular formula is C24H24O6. The molecule has 0 amide bonds. The fourth-order valence-corrected chi connectivity index (χ4v) is 4.14. The second-order valence-electron chi connectivity index (χ2n) is 8.28. The summed E-state index contributed by atoms with van der Waals surface area (Å²) in [5.74, 6) is -1.45. The SMILES string of the molecule is COC(=O)C1(Cc2ccc3c(c2)CCC(C)(C)O3)OC(=O)C(O)=C1c1ccccc1. The zero-order chi connectivity index (χ0) is 21.5. The molecule has 6 heteroatoms. The molecule has 2 aromatic carbocycles. The summed E-state index contributed by atoms with van der Waals surface area (Å²) in [6.45, 7) is 4.10. The second kappa shape index (κ2) is 7.20. The van der Waals surface area contributed by atoms with Crippen LogP contribution in [0.3, 0.4) is 0 Å². The van der Waals surface area contributed by atoms with Gasteiger partial charge in [-0.1, -0.05) is 42.5 Å². The number of hydrogen-bond donors (Lipinski definition) is 1. The Morgan fingerprint density at radius 1 is 1.13 bits per heavy atom. The van der Waals surface area contributed by atoms with Gasteiger partial charge in [0.15, 0.2) is 0 Å². The van der Waals surface area contributed by atoms with Crippen LogP contribution in [0.25, 0.3) is 5.57 Å². The number of carbonyl (C=O) groups excluding carboxylic acids is 2. The van der Waals surface area contributed by atoms with Gasteiger partial charge in [0.1, 0.15) is 11.4 Å². The Bertz CT molecular complexity index is 1040. The molecule has 2 heterocycles. The molecule has 0 aliphatic carbocycles. The highest BCUT2D eigenvalue weighted by Gasteiger charge is 2.55. The van der Waals surface area contributed by atoms with E-state index in [1.807, 2.05) is 38.1 Å². The van der Waals surface area contributed by atoms with Gasteiger partial charge in [0.25, 0.3) is 0 Å². The number of carbonyl (C=O) groups is 2. The highest BCUT2D eigenvalue weighted by atomic mass is 16.6. The molecule has 1 N–H and O–H groups in total. The van der Waals surface area contributed by atoms with Crippen molar-refractivity contribution in [2.45, 2.75) is 44.3 Å². The van der Waals surface area contributed by atoms with Gasteiger partial charge in [0, 0.05) is 6.42 Å². The number of aliphatic hydroxyl groups is 1. The quantitative estimate of drug-likeness (QED) is 0.776. The predicted molar refractivity (Wildman–Crippen MR) is 110 cm³/mol. The van der Waals surface area contributed by atoms with E-state index < -0.39 is 23.3 Å². The van der Waals surface area contributed by atoms with E-state index in [0.29, 0.717) is 5.56 Å². The first-order chi connectivity index (χ1) is 14.3. The van der Waals surface area contributed by atoms with Gasteiger partial charge in [0.2, 0.25) is 11.4 Å². The second-order valence-corrected chi connectivity index (χ2v) is 8.28. The standard InChI is InChI=1S/C24H24O6/c1-23(2)12-11-17-13-15(9-10-18(17)29-23)14-24(22(27)28-3)19(20(25)21(26)30-24)16-7-5-4-6-8-16/h4-10,13,25H,11-12,14H2,1-3H3. The van der Waals surface area contributed by atoms with Crippen LogP contribution in [0.1, 0.15) is 37.0 Å². The van der Waals surface area contributed by atoms with Crippen molar-refractivity contribution in [3.8, 4) is 5.75 Å². The Labute approximate surface area is 175 Å². The minimum Gasteiger partial charge on any atom is -0.502 e. The normalized spacial score (nSPS) is 22.2. The molecule has 0 fully saturated rings. The summed E-state index contributed by atoms with van der Waals surface area (Å²) in [6, 6.07) is 14.4. The minimum absolute atomic E-state index is 0.0381. The number of aryl methyl sites for hydroxylation is 1. The van der Waals surface area contributed by atoms with Crippen LogP contribution < -0.4 is 4.74 Å². The van der Waals surface area contributed by atoms with Crippen LogP contribution in [0.2, 0.25) is 0 Å². The molecule has 0 radical (unpaired) electrons. The molecule has 6 nitrogen and oxygen atoms in total. The minimum atomic E-state index is -1.76. The van der Waals surface area contributed by atoms with E-state index in [-0.39, 0.29) is 17.6 Å². The zero-order valence-electron chi connectivity index (χ0n) is 17.2. The number of benzene rings is 2. The molecule has 2 aliphatic rings. The maximum absolute atomic E-state index is 12.9. The fourth-order valence-electron chi connectivity index (χ4n) is 4.14. The Hall–Kier alpha value is -3.28. The number of cyclic esters (lactones) is 1. The van der Waals surface area contributed by atoms with E-state index in [9.17, 15) is 14.7 Å². The van der Waals surface area contributed by atoms with E-state index in [1.165, 1.54) is 7.11 Å². The number of fused-ring (bicyclic) bond motifs is 1. The van der Waals surface area contributed by atoms with Crippen LogP contribution in [-0.2, 0) is 31.9 Å². The number of methoxy groups -OCH3 is 1. The van der Waals surface area contributed by atoms with E-state index in [2.05, 4.69) is 0 Å². The number of aliphatic hydroxyl groups excluding tert-OH is 1. The maximum atomic E-state index is 12.9. The summed E-state index contributed by atoms with van der Waals surface area (Å²) in [5, 5.41) is 10.5. The van der Waals surface area contributed by atoms with Crippen LogP contribution in [0.5, 0.6) is 5.75 Å². The summed E-state index contributed by atoms with van der Waals surface area (Å²) in [7, 11) is 1.23. The monoisotopic (exact) mass is 408 g/mol. The van der Waals surface area contributed by atoms with Crippen LogP contribution >= 0.6 is 0 Å². The average Bonchev–Trinajstić information content (AvgIpc) is 2.98. The van der Waals surface area contributed by atoms with E-state index in [4.69, 9.17) is 14.2 Å². The van der Waals surface area contributed by atoms with Crippen molar-refractivity contribution < 1.29 is 28.9 Å². The van der Waals surface area contributed by atoms with Crippen LogP contribution in [0, 0.1) is 0 Å². The lowest BCUT2D eigenvalue weighted by molar-refractivity contribution is -0.169. The summed E-state index contributed by atoms with van der Waals surface area (Å²) in [4.78, 5) is 25.3. The van der Waals surface area contributed by atoms with Gasteiger partial charge < -0.3 is 19.3 Å². The third-order valence-corrected chi connectivity index (χ3v) is 5.64. The van der Waals surface area contributed by atoms with Crippen molar-refractivity contribution in [3.63, 3.8) is 0 Å². The Morgan fingerprint density at radius 2 is 1.87 bits per heavy atom. The number of hydrogen-bond acceptors (Lipinski definition) is 6. The van der Waals surface area contributed by atoms with Crippen molar-refractivity contribution >= 4 is 17.5 Å². The number of rotatable bonds is 4. The van der Waals surface area contributed by atoms with Gasteiger partial charge in [-0.05, 0) is 49.4 Å². The third-order valence-electron chi connectivity index (χ3n) is 5.64. The summed E-state index contributed by atoms with van der Waals surface area (Å²) < 4.78 is 16.5. The Kier molecular flexibility index (Phi) is 4.80. The molecule has 1 unspecified atom stereocenters. The third kappa shape index (κ3) is 3.32. The van der Waals surface area contributed by atoms with E-state index in [0.717, 1.165) is 29.7 Å². The Morgan fingerprint density at radius 3 is 2.57 bits per heavy atom. The first kappa shape index (κ1) is 20.0. The Balaban J connectivity index is 1.78. The molecular weight excluding hydrogens is 384 g/mol. The van der Waals surface area contributed by atoms with Gasteiger partial charge in [-0.2, -0.15) is 0 Å². The van der Waals surface area contributed by atoms with Crippen molar-refractivity contribution in [2.75, 3.05) is 7.11 Å². The van der Waals surface area contributed by atoms with Crippen molar-refractivity contribution in [1.29, 1.82) is 0 Å². The maximum Gasteiger partial charge on any atom is 0.375 e. The smallest absolute Gasteiger partial charge is 0.375 e. The van der Waals surface area contributed by atoms with Crippen molar-refractivity contribution in [1.82, 2.24) is 0 Å². The predicted octanol–water partition coefficient (Wildman–Crippen LogP) is 3.77. The molecule has 0 saturated carbocycles. The first-order valence-corrected chi connectivity index (χ1v) is 9.87. The molecule has 30 heavy (non-hydrogen) atoms. The van der Waals surface area contributed by atoms with Crippen LogP contribution in [0.4, 0.5) is 0 Å². The van der Waals surface area contributed by atoms with Crippen molar-refractivity contribution in [3.05, 3.63) is 71.0 Å². The van der Waals surface area contributed by atoms with Crippen LogP contribution in [0.15, 0.2) is 54.3 Å². The van der Waals surface area contributed by atoms with E-state index >= 15 is 0 Å². The fraction of sp³-hybridized carbons (Fsp3) is 0.333. The zero-order valence-corrected chi connectivity index (χ0v) is 17.2. The summed E-state index contributed by atoms with van der Waals surface area (Å²) in [5.41, 5.74) is 0.464. The molecule has 0 bridgehead atoms. The molecule has 2 aliphatic heterocycles.